The summed E-state index contributed by atoms with van der Waals surface area (Å²) in [6.07, 6.45) is 0.945. The van der Waals surface area contributed by atoms with E-state index < -0.39 is 0 Å². The first-order valence-corrected chi connectivity index (χ1v) is 7.50. The largest absolute Gasteiger partial charge is 0.494 e. The van der Waals surface area contributed by atoms with Crippen LogP contribution in [0.2, 0.25) is 0 Å². The van der Waals surface area contributed by atoms with Crippen LogP contribution in [0.4, 0.5) is 5.69 Å². The predicted octanol–water partition coefficient (Wildman–Crippen LogP) is 4.13. The monoisotopic (exact) mass is 299 g/mol. The highest BCUT2D eigenvalue weighted by Crippen LogP contribution is 2.19. The average molecular weight is 299 g/mol. The molecule has 22 heavy (non-hydrogen) atoms. The van der Waals surface area contributed by atoms with Gasteiger partial charge in [0.25, 0.3) is 5.91 Å². The molecule has 0 spiro atoms. The van der Waals surface area contributed by atoms with E-state index in [2.05, 4.69) is 12.2 Å². The van der Waals surface area contributed by atoms with Gasteiger partial charge in [0.2, 0.25) is 0 Å². The lowest BCUT2D eigenvalue weighted by Crippen LogP contribution is -2.12. The Balaban J connectivity index is 2.06. The molecule has 2 rings (SSSR count). The molecule has 0 aliphatic heterocycles. The first-order chi connectivity index (χ1) is 10.7. The van der Waals surface area contributed by atoms with Crippen molar-refractivity contribution in [3.8, 4) is 11.5 Å². The molecule has 4 nitrogen and oxygen atoms in total. The second kappa shape index (κ2) is 8.08. The molecule has 0 aliphatic carbocycles. The van der Waals surface area contributed by atoms with Gasteiger partial charge in [-0.1, -0.05) is 19.1 Å². The summed E-state index contributed by atoms with van der Waals surface area (Å²) < 4.78 is 11.0. The van der Waals surface area contributed by atoms with E-state index >= 15 is 0 Å². The Morgan fingerprint density at radius 2 is 1.73 bits per heavy atom. The van der Waals surface area contributed by atoms with E-state index in [1.54, 1.807) is 18.2 Å². The summed E-state index contributed by atoms with van der Waals surface area (Å²) in [7, 11) is 0. The van der Waals surface area contributed by atoms with E-state index in [0.717, 1.165) is 12.2 Å². The smallest absolute Gasteiger partial charge is 0.255 e. The Morgan fingerprint density at radius 3 is 2.45 bits per heavy atom. The summed E-state index contributed by atoms with van der Waals surface area (Å²) in [5, 5.41) is 2.87. The highest BCUT2D eigenvalue weighted by atomic mass is 16.5. The molecule has 0 bridgehead atoms. The van der Waals surface area contributed by atoms with E-state index in [-0.39, 0.29) is 5.91 Å². The van der Waals surface area contributed by atoms with Crippen LogP contribution in [0.1, 0.15) is 30.6 Å². The number of carbonyl (C=O) groups excluding carboxylic acids is 1. The second-order valence-electron chi connectivity index (χ2n) is 4.79. The fraction of sp³-hybridized carbons (Fsp3) is 0.278. The van der Waals surface area contributed by atoms with Gasteiger partial charge in [-0.15, -0.1) is 0 Å². The van der Waals surface area contributed by atoms with Gasteiger partial charge in [0.1, 0.15) is 11.5 Å². The summed E-state index contributed by atoms with van der Waals surface area (Å²) in [5.41, 5.74) is 1.27. The maximum Gasteiger partial charge on any atom is 0.255 e. The zero-order valence-corrected chi connectivity index (χ0v) is 13.0. The Labute approximate surface area is 131 Å². The van der Waals surface area contributed by atoms with Crippen molar-refractivity contribution in [2.45, 2.75) is 20.3 Å². The lowest BCUT2D eigenvalue weighted by molar-refractivity contribution is 0.102. The van der Waals surface area contributed by atoms with Crippen LogP contribution < -0.4 is 14.8 Å². The molecule has 0 saturated carbocycles. The van der Waals surface area contributed by atoms with Crippen molar-refractivity contribution >= 4 is 11.6 Å². The molecular formula is C18H21NO3. The van der Waals surface area contributed by atoms with Crippen molar-refractivity contribution < 1.29 is 14.3 Å². The molecule has 0 heterocycles. The predicted molar refractivity (Wildman–Crippen MR) is 87.8 cm³/mol. The average Bonchev–Trinajstić information content (AvgIpc) is 2.54. The first-order valence-electron chi connectivity index (χ1n) is 7.50. The maximum absolute atomic E-state index is 12.3. The number of nitrogens with one attached hydrogen (secondary N) is 1. The van der Waals surface area contributed by atoms with Gasteiger partial charge in [0.05, 0.1) is 13.2 Å². The van der Waals surface area contributed by atoms with Gasteiger partial charge in [0.15, 0.2) is 0 Å². The van der Waals surface area contributed by atoms with Gasteiger partial charge in [-0.05, 0) is 43.7 Å². The molecule has 4 heteroatoms. The molecule has 0 fully saturated rings. The normalized spacial score (nSPS) is 10.1. The van der Waals surface area contributed by atoms with Crippen LogP contribution in [0.15, 0.2) is 48.5 Å². The van der Waals surface area contributed by atoms with Gasteiger partial charge >= 0.3 is 0 Å². The summed E-state index contributed by atoms with van der Waals surface area (Å²) >= 11 is 0. The fourth-order valence-corrected chi connectivity index (χ4v) is 1.98. The molecule has 0 atom stereocenters. The SMILES string of the molecule is CCCOc1cccc(NC(=O)c2cccc(OCC)c2)c1. The van der Waals surface area contributed by atoms with Crippen LogP contribution >= 0.6 is 0 Å². The lowest BCUT2D eigenvalue weighted by atomic mass is 10.2. The van der Waals surface area contributed by atoms with Crippen LogP contribution in [0.25, 0.3) is 0 Å². The minimum Gasteiger partial charge on any atom is -0.494 e. The van der Waals surface area contributed by atoms with Crippen LogP contribution in [0, 0.1) is 0 Å². The quantitative estimate of drug-likeness (QED) is 0.836. The molecule has 0 aliphatic rings. The van der Waals surface area contributed by atoms with Crippen molar-refractivity contribution in [1.82, 2.24) is 0 Å². The number of benzene rings is 2. The Hall–Kier alpha value is -2.49. The fourth-order valence-electron chi connectivity index (χ4n) is 1.98. The molecule has 1 amide bonds. The molecule has 0 aromatic heterocycles. The third kappa shape index (κ3) is 4.52. The van der Waals surface area contributed by atoms with Crippen molar-refractivity contribution in [2.75, 3.05) is 18.5 Å². The van der Waals surface area contributed by atoms with Gasteiger partial charge in [-0.25, -0.2) is 0 Å². The van der Waals surface area contributed by atoms with Gasteiger partial charge in [0, 0.05) is 17.3 Å². The Bertz CT molecular complexity index is 625. The molecule has 0 unspecified atom stereocenters. The number of ether oxygens (including phenoxy) is 2. The third-order valence-corrected chi connectivity index (χ3v) is 2.97. The van der Waals surface area contributed by atoms with Crippen LogP contribution in [-0.2, 0) is 0 Å². The van der Waals surface area contributed by atoms with Gasteiger partial charge in [-0.2, -0.15) is 0 Å². The van der Waals surface area contributed by atoms with E-state index in [9.17, 15) is 4.79 Å². The molecule has 1 N–H and O–H groups in total. The topological polar surface area (TPSA) is 47.6 Å². The molecule has 2 aromatic rings. The zero-order valence-electron chi connectivity index (χ0n) is 13.0. The molecular weight excluding hydrogens is 278 g/mol. The number of anilines is 1. The minimum atomic E-state index is -0.172. The second-order valence-corrected chi connectivity index (χ2v) is 4.79. The van der Waals surface area contributed by atoms with Crippen molar-refractivity contribution in [3.63, 3.8) is 0 Å². The maximum atomic E-state index is 12.3. The van der Waals surface area contributed by atoms with Crippen molar-refractivity contribution in [3.05, 3.63) is 54.1 Å². The summed E-state index contributed by atoms with van der Waals surface area (Å²) in [4.78, 5) is 12.3. The Kier molecular flexibility index (Phi) is 5.83. The molecule has 2 aromatic carbocycles. The highest BCUT2D eigenvalue weighted by molar-refractivity contribution is 6.04. The molecule has 0 radical (unpaired) electrons. The zero-order chi connectivity index (χ0) is 15.8. The standard InChI is InChI=1S/C18H21NO3/c1-3-11-22-17-10-6-8-15(13-17)19-18(20)14-7-5-9-16(12-14)21-4-2/h5-10,12-13H,3-4,11H2,1-2H3,(H,19,20). The van der Waals surface area contributed by atoms with Crippen LogP contribution in [0.3, 0.4) is 0 Å². The van der Waals surface area contributed by atoms with E-state index in [4.69, 9.17) is 9.47 Å². The van der Waals surface area contributed by atoms with Gasteiger partial charge in [-0.3, -0.25) is 4.79 Å². The Morgan fingerprint density at radius 1 is 1.00 bits per heavy atom. The number of amides is 1. The lowest BCUT2D eigenvalue weighted by Gasteiger charge is -2.09. The summed E-state index contributed by atoms with van der Waals surface area (Å²) in [6.45, 7) is 5.20. The summed E-state index contributed by atoms with van der Waals surface area (Å²) in [6, 6.07) is 14.5. The number of hydrogen-bond acceptors (Lipinski definition) is 3. The highest BCUT2D eigenvalue weighted by Gasteiger charge is 2.08. The van der Waals surface area contributed by atoms with Gasteiger partial charge < -0.3 is 14.8 Å². The first kappa shape index (κ1) is 15.9. The van der Waals surface area contributed by atoms with Crippen LogP contribution in [0.5, 0.6) is 11.5 Å². The number of rotatable bonds is 7. The number of carbonyl (C=O) groups is 1. The third-order valence-electron chi connectivity index (χ3n) is 2.97. The number of hydrogen-bond donors (Lipinski definition) is 1. The van der Waals surface area contributed by atoms with E-state index in [1.807, 2.05) is 37.3 Å². The summed E-state index contributed by atoms with van der Waals surface area (Å²) in [5.74, 6) is 1.27. The molecule has 116 valence electrons. The van der Waals surface area contributed by atoms with Crippen LogP contribution in [-0.4, -0.2) is 19.1 Å². The van der Waals surface area contributed by atoms with Crippen molar-refractivity contribution in [2.24, 2.45) is 0 Å². The minimum absolute atomic E-state index is 0.172. The van der Waals surface area contributed by atoms with E-state index in [0.29, 0.717) is 30.2 Å². The molecule has 0 saturated heterocycles. The van der Waals surface area contributed by atoms with E-state index in [1.165, 1.54) is 0 Å². The van der Waals surface area contributed by atoms with Crippen molar-refractivity contribution in [1.29, 1.82) is 0 Å².